The van der Waals surface area contributed by atoms with Gasteiger partial charge < -0.3 is 89.9 Å². The molecule has 3 aliphatic rings. The van der Waals surface area contributed by atoms with Gasteiger partial charge in [0.25, 0.3) is 0 Å². The highest BCUT2D eigenvalue weighted by Gasteiger charge is 2.53. The third-order valence-electron chi connectivity index (χ3n) is 17.7. The number of hydrogen-bond acceptors (Lipinski definition) is 18. The Morgan fingerprint density at radius 3 is 1.04 bits per heavy atom. The molecule has 1 amide bonds. The van der Waals surface area contributed by atoms with Crippen LogP contribution < -0.4 is 5.32 Å². The second-order valence-electron chi connectivity index (χ2n) is 25.0. The van der Waals surface area contributed by atoms with Crippen molar-refractivity contribution in [2.75, 3.05) is 26.4 Å². The van der Waals surface area contributed by atoms with E-state index in [2.05, 4.69) is 19.2 Å². The molecule has 17 atom stereocenters. The number of carbonyl (C=O) groups excluding carboxylic acids is 1. The average molecular weight is 1210 g/mol. The molecule has 12 N–H and O–H groups in total. The molecule has 498 valence electrons. The molecule has 3 saturated heterocycles. The number of nitrogens with one attached hydrogen (secondary N) is 1. The fourth-order valence-corrected chi connectivity index (χ4v) is 12.1. The van der Waals surface area contributed by atoms with Crippen molar-refractivity contribution >= 4 is 5.91 Å². The van der Waals surface area contributed by atoms with E-state index in [-0.39, 0.29) is 18.9 Å². The van der Waals surface area contributed by atoms with E-state index in [1.54, 1.807) is 0 Å². The highest BCUT2D eigenvalue weighted by atomic mass is 16.8. The molecule has 0 aromatic rings. The van der Waals surface area contributed by atoms with Gasteiger partial charge in [0.05, 0.1) is 38.6 Å². The lowest BCUT2D eigenvalue weighted by Gasteiger charge is -2.48. The van der Waals surface area contributed by atoms with Crippen LogP contribution in [0.3, 0.4) is 0 Å². The van der Waals surface area contributed by atoms with Crippen LogP contribution in [-0.2, 0) is 33.2 Å². The Hall–Kier alpha value is -1.21. The highest BCUT2D eigenvalue weighted by molar-refractivity contribution is 5.76. The number of ether oxygens (including phenoxy) is 6. The number of rotatable bonds is 53. The first kappa shape index (κ1) is 77.0. The van der Waals surface area contributed by atoms with Crippen molar-refractivity contribution in [3.05, 3.63) is 0 Å². The van der Waals surface area contributed by atoms with Crippen molar-refractivity contribution in [2.45, 2.75) is 381 Å². The number of unbranched alkanes of at least 4 members (excludes halogenated alkanes) is 37. The summed E-state index contributed by atoms with van der Waals surface area (Å²) >= 11 is 0. The van der Waals surface area contributed by atoms with Gasteiger partial charge in [0.15, 0.2) is 18.9 Å². The van der Waals surface area contributed by atoms with Crippen LogP contribution in [0.1, 0.15) is 277 Å². The fraction of sp³-hybridized carbons (Fsp3) is 0.985. The minimum absolute atomic E-state index is 0.237. The first-order chi connectivity index (χ1) is 40.8. The lowest BCUT2D eigenvalue weighted by Crippen LogP contribution is -2.66. The molecule has 0 spiro atoms. The van der Waals surface area contributed by atoms with Gasteiger partial charge in [-0.1, -0.05) is 258 Å². The van der Waals surface area contributed by atoms with E-state index in [0.29, 0.717) is 12.8 Å². The van der Waals surface area contributed by atoms with Crippen molar-refractivity contribution in [3.8, 4) is 0 Å². The summed E-state index contributed by atoms with van der Waals surface area (Å²) in [6.45, 7) is 1.83. The predicted molar refractivity (Wildman–Crippen MR) is 324 cm³/mol. The van der Waals surface area contributed by atoms with Crippen molar-refractivity contribution in [2.24, 2.45) is 0 Å². The monoisotopic (exact) mass is 1210 g/mol. The van der Waals surface area contributed by atoms with Crippen molar-refractivity contribution in [3.63, 3.8) is 0 Å². The number of hydrogen-bond donors (Lipinski definition) is 12. The van der Waals surface area contributed by atoms with Gasteiger partial charge in [-0.2, -0.15) is 0 Å². The molecule has 0 bridgehead atoms. The Balaban J connectivity index is 1.43. The minimum Gasteiger partial charge on any atom is -0.394 e. The van der Waals surface area contributed by atoms with Gasteiger partial charge in [0.2, 0.25) is 5.91 Å². The molecular weight excluding hydrogens is 1080 g/mol. The van der Waals surface area contributed by atoms with Crippen molar-refractivity contribution in [1.82, 2.24) is 5.32 Å². The molecule has 17 unspecified atom stereocenters. The summed E-state index contributed by atoms with van der Waals surface area (Å²) in [6, 6.07) is -0.881. The third-order valence-corrected chi connectivity index (χ3v) is 17.7. The molecule has 84 heavy (non-hydrogen) atoms. The number of aliphatic hydroxyl groups is 11. The Morgan fingerprint density at radius 1 is 0.381 bits per heavy atom. The Labute approximate surface area is 506 Å². The lowest BCUT2D eigenvalue weighted by molar-refractivity contribution is -0.379. The molecule has 0 aromatic heterocycles. The SMILES string of the molecule is CCCCCCCCCCCCCCCCCCCCCCCCCCC(O)C(COC1OC(CO)C(OC2OC(CO)C(OC3OC(CO)C(O)C(O)C3O)C(O)C2O)C(O)C1O)NC(=O)CCCCCCCCCCCCCCCCC. The molecule has 0 aliphatic carbocycles. The molecule has 3 fully saturated rings. The first-order valence-electron chi connectivity index (χ1n) is 34.3. The molecule has 19 nitrogen and oxygen atoms in total. The second-order valence-corrected chi connectivity index (χ2v) is 25.0. The Kier molecular flexibility index (Phi) is 44.6. The van der Waals surface area contributed by atoms with Gasteiger partial charge in [-0.25, -0.2) is 0 Å². The maximum absolute atomic E-state index is 13.4. The number of aliphatic hydroxyl groups excluding tert-OH is 11. The van der Waals surface area contributed by atoms with Crippen molar-refractivity contribution in [1.29, 1.82) is 0 Å². The van der Waals surface area contributed by atoms with Crippen LogP contribution in [0.15, 0.2) is 0 Å². The predicted octanol–water partition coefficient (Wildman–Crippen LogP) is 8.33. The zero-order chi connectivity index (χ0) is 61.2. The zero-order valence-corrected chi connectivity index (χ0v) is 52.4. The van der Waals surface area contributed by atoms with Crippen molar-refractivity contribution < 1.29 is 89.4 Å². The summed E-state index contributed by atoms with van der Waals surface area (Å²) in [5.41, 5.74) is 0. The third kappa shape index (κ3) is 31.0. The summed E-state index contributed by atoms with van der Waals surface area (Å²) in [5.74, 6) is -0.237. The van der Waals surface area contributed by atoms with E-state index >= 15 is 0 Å². The van der Waals surface area contributed by atoms with Gasteiger partial charge in [-0.15, -0.1) is 0 Å². The summed E-state index contributed by atoms with van der Waals surface area (Å²) in [7, 11) is 0. The van der Waals surface area contributed by atoms with Crippen LogP contribution in [0.5, 0.6) is 0 Å². The Bertz CT molecular complexity index is 1540. The van der Waals surface area contributed by atoms with Crippen LogP contribution in [0.4, 0.5) is 0 Å². The summed E-state index contributed by atoms with van der Waals surface area (Å²) in [5, 5.41) is 121. The normalized spacial score (nSPS) is 29.1. The van der Waals surface area contributed by atoms with E-state index in [0.717, 1.165) is 44.9 Å². The first-order valence-corrected chi connectivity index (χ1v) is 34.3. The highest BCUT2D eigenvalue weighted by Crippen LogP contribution is 2.33. The topological polar surface area (TPSA) is 307 Å². The fourth-order valence-electron chi connectivity index (χ4n) is 12.1. The van der Waals surface area contributed by atoms with Crippen LogP contribution in [0.2, 0.25) is 0 Å². The van der Waals surface area contributed by atoms with Crippen LogP contribution >= 0.6 is 0 Å². The average Bonchev–Trinajstić information content (AvgIpc) is 3.05. The van der Waals surface area contributed by atoms with Crippen LogP contribution in [0, 0.1) is 0 Å². The molecule has 0 radical (unpaired) electrons. The van der Waals surface area contributed by atoms with E-state index in [1.165, 1.54) is 199 Å². The maximum Gasteiger partial charge on any atom is 0.220 e. The van der Waals surface area contributed by atoms with Crippen LogP contribution in [-0.4, -0.2) is 193 Å². The summed E-state index contributed by atoms with van der Waals surface area (Å²) in [4.78, 5) is 13.4. The molecule has 19 heteroatoms. The van der Waals surface area contributed by atoms with Crippen LogP contribution in [0.25, 0.3) is 0 Å². The molecule has 3 heterocycles. The molecular formula is C65H125NO18. The number of carbonyl (C=O) groups is 1. The number of amides is 1. The van der Waals surface area contributed by atoms with E-state index in [4.69, 9.17) is 28.4 Å². The van der Waals surface area contributed by atoms with Gasteiger partial charge in [-0.05, 0) is 12.8 Å². The standard InChI is InChI=1S/C65H125NO18/c1-3-5-7-9-11-13-15-17-19-20-21-22-23-24-25-26-27-29-30-32-34-36-38-40-42-49(70)48(66-53(71)43-41-39-37-35-33-31-28-18-16-14-12-10-8-6-4-2)47-79-63-59(77)56(74)61(51(45-68)81-63)84-65-60(78)57(75)62(52(46-69)82-65)83-64-58(76)55(73)54(72)50(44-67)80-64/h48-52,54-65,67-70,72-78H,3-47H2,1-2H3,(H,66,71). The van der Waals surface area contributed by atoms with Gasteiger partial charge in [0.1, 0.15) is 73.2 Å². The zero-order valence-electron chi connectivity index (χ0n) is 52.4. The molecule has 3 aliphatic heterocycles. The second kappa shape index (κ2) is 48.6. The van der Waals surface area contributed by atoms with E-state index in [1.807, 2.05) is 0 Å². The smallest absolute Gasteiger partial charge is 0.220 e. The molecule has 3 rings (SSSR count). The maximum atomic E-state index is 13.4. The van der Waals surface area contributed by atoms with E-state index < -0.39 is 124 Å². The summed E-state index contributed by atoms with van der Waals surface area (Å²) < 4.78 is 34.4. The molecule has 0 saturated carbocycles. The van der Waals surface area contributed by atoms with Gasteiger partial charge >= 0.3 is 0 Å². The largest absolute Gasteiger partial charge is 0.394 e. The summed E-state index contributed by atoms with van der Waals surface area (Å²) in [6.07, 6.45) is 23.2. The minimum atomic E-state index is -1.97. The lowest BCUT2D eigenvalue weighted by atomic mass is 9.96. The van der Waals surface area contributed by atoms with Gasteiger partial charge in [0, 0.05) is 6.42 Å². The quantitative estimate of drug-likeness (QED) is 0.0255. The Morgan fingerprint density at radius 2 is 0.679 bits per heavy atom. The van der Waals surface area contributed by atoms with Gasteiger partial charge in [-0.3, -0.25) is 4.79 Å². The molecule has 0 aromatic carbocycles. The van der Waals surface area contributed by atoms with E-state index in [9.17, 15) is 61.0 Å².